The molecule has 0 fully saturated rings. The minimum Gasteiger partial charge on any atom is -0.198 e. The summed E-state index contributed by atoms with van der Waals surface area (Å²) in [5, 5.41) is 0. The van der Waals surface area contributed by atoms with Crippen molar-refractivity contribution in [3.63, 3.8) is 0 Å². The normalized spacial score (nSPS) is 11.5. The molecule has 0 nitrogen and oxygen atoms in total. The van der Waals surface area contributed by atoms with Gasteiger partial charge in [-0.15, -0.1) is 42.5 Å². The molecule has 0 aliphatic heterocycles. The van der Waals surface area contributed by atoms with E-state index in [-0.39, 0.29) is 46.5 Å². The zero-order chi connectivity index (χ0) is 16.1. The van der Waals surface area contributed by atoms with Crippen LogP contribution >= 0.6 is 24.8 Å². The second-order valence-electron chi connectivity index (χ2n) is 5.95. The van der Waals surface area contributed by atoms with Crippen molar-refractivity contribution in [2.45, 2.75) is 34.1 Å². The summed E-state index contributed by atoms with van der Waals surface area (Å²) >= 11 is 0. The third-order valence-corrected chi connectivity index (χ3v) is 3.79. The van der Waals surface area contributed by atoms with E-state index in [2.05, 4.69) is 83.2 Å². The molecule has 0 aromatic heterocycles. The zero-order valence-electron chi connectivity index (χ0n) is 15.3. The van der Waals surface area contributed by atoms with Crippen LogP contribution in [0.5, 0.6) is 0 Å². The van der Waals surface area contributed by atoms with Crippen LogP contribution in [0.2, 0.25) is 0 Å². The van der Waals surface area contributed by atoms with Gasteiger partial charge in [0.1, 0.15) is 0 Å². The first-order chi connectivity index (χ1) is 10.5. The molecular weight excluding hydrogens is 383 g/mol. The largest absolute Gasteiger partial charge is 2.00 e. The number of halogens is 2. The van der Waals surface area contributed by atoms with Gasteiger partial charge in [-0.05, 0) is 13.3 Å². The van der Waals surface area contributed by atoms with E-state index in [1.165, 1.54) is 33.4 Å². The number of rotatable bonds is 1. The number of hydrogen-bond acceptors (Lipinski definition) is 0. The van der Waals surface area contributed by atoms with Gasteiger partial charge in [0.15, 0.2) is 0 Å². The Morgan fingerprint density at radius 2 is 1.48 bits per heavy atom. The van der Waals surface area contributed by atoms with E-state index < -0.39 is 0 Å². The topological polar surface area (TPSA) is 0 Å². The molecule has 0 bridgehead atoms. The summed E-state index contributed by atoms with van der Waals surface area (Å²) in [6, 6.07) is 15.8. The zero-order valence-corrected chi connectivity index (χ0v) is 18.5. The predicted octanol–water partition coefficient (Wildman–Crippen LogP) is 6.86. The van der Waals surface area contributed by atoms with Gasteiger partial charge in [0.25, 0.3) is 0 Å². The SMILES string of the molecule is Cc1[c-]c(C)cc(C)c1.Cl.Cl.[CH2-]c1ccccc1C1=C(C)C=CC1.[Ti+2]. The van der Waals surface area contributed by atoms with Crippen LogP contribution in [-0.2, 0) is 21.7 Å². The molecule has 1 aliphatic carbocycles. The maximum absolute atomic E-state index is 4.04. The fourth-order valence-corrected chi connectivity index (χ4v) is 2.86. The Balaban J connectivity index is 0. The molecule has 0 amide bonds. The quantitative estimate of drug-likeness (QED) is 0.357. The Morgan fingerprint density at radius 1 is 0.920 bits per heavy atom. The van der Waals surface area contributed by atoms with E-state index in [9.17, 15) is 0 Å². The summed E-state index contributed by atoms with van der Waals surface area (Å²) in [7, 11) is 0. The summed E-state index contributed by atoms with van der Waals surface area (Å²) < 4.78 is 0. The average Bonchev–Trinajstić information content (AvgIpc) is 2.84. The van der Waals surface area contributed by atoms with Gasteiger partial charge in [0, 0.05) is 0 Å². The standard InChI is InChI=1S/C13H13.C9H11.2ClH.Ti/c1-10-6-3-4-8-12(10)13-9-5-7-11(13)2;1-7-4-8(2)6-9(3)5-7;;;/h3-8H,1,9H2,2H3;4-5H,1-3H3;2*1H;/q2*-1;;;+2. The molecule has 0 heterocycles. The summed E-state index contributed by atoms with van der Waals surface area (Å²) in [6.45, 7) is 12.4. The first-order valence-corrected chi connectivity index (χ1v) is 7.72. The molecule has 0 atom stereocenters. The van der Waals surface area contributed by atoms with Crippen LogP contribution in [-0.4, -0.2) is 0 Å². The minimum atomic E-state index is 0. The van der Waals surface area contributed by atoms with Crippen LogP contribution < -0.4 is 0 Å². The van der Waals surface area contributed by atoms with E-state index in [0.717, 1.165) is 12.0 Å². The van der Waals surface area contributed by atoms with Crippen molar-refractivity contribution in [3.8, 4) is 0 Å². The molecule has 3 heteroatoms. The number of benzene rings is 2. The molecule has 1 aliphatic rings. The Morgan fingerprint density at radius 3 is 1.92 bits per heavy atom. The number of aryl methyl sites for hydroxylation is 3. The Hall–Kier alpha value is -0.916. The smallest absolute Gasteiger partial charge is 0.198 e. The van der Waals surface area contributed by atoms with Crippen molar-refractivity contribution in [1.82, 2.24) is 0 Å². The van der Waals surface area contributed by atoms with Crippen LogP contribution in [0.25, 0.3) is 5.57 Å². The van der Waals surface area contributed by atoms with Gasteiger partial charge in [-0.1, -0.05) is 50.1 Å². The van der Waals surface area contributed by atoms with Gasteiger partial charge in [0.2, 0.25) is 0 Å². The third kappa shape index (κ3) is 7.88. The molecule has 2 aromatic carbocycles. The van der Waals surface area contributed by atoms with Crippen molar-refractivity contribution >= 4 is 30.4 Å². The summed E-state index contributed by atoms with van der Waals surface area (Å²) in [6.07, 6.45) is 5.44. The van der Waals surface area contributed by atoms with Gasteiger partial charge in [-0.3, -0.25) is 0 Å². The second-order valence-corrected chi connectivity index (χ2v) is 5.95. The van der Waals surface area contributed by atoms with Gasteiger partial charge in [-0.25, -0.2) is 0 Å². The van der Waals surface area contributed by atoms with Crippen LogP contribution in [0.15, 0.2) is 54.1 Å². The molecule has 2 aromatic rings. The summed E-state index contributed by atoms with van der Waals surface area (Å²) in [5.41, 5.74) is 9.00. The minimum absolute atomic E-state index is 0. The molecule has 0 saturated heterocycles. The molecule has 0 spiro atoms. The van der Waals surface area contributed by atoms with E-state index in [1.54, 1.807) is 0 Å². The van der Waals surface area contributed by atoms with Gasteiger partial charge >= 0.3 is 21.7 Å². The predicted molar refractivity (Wildman–Crippen MR) is 111 cm³/mol. The maximum atomic E-state index is 4.04. The maximum Gasteiger partial charge on any atom is 2.00 e. The van der Waals surface area contributed by atoms with Crippen LogP contribution in [0.4, 0.5) is 0 Å². The first kappa shape index (κ1) is 26.3. The van der Waals surface area contributed by atoms with Crippen molar-refractivity contribution in [2.75, 3.05) is 0 Å². The molecule has 0 unspecified atom stereocenters. The van der Waals surface area contributed by atoms with Crippen molar-refractivity contribution in [2.24, 2.45) is 0 Å². The van der Waals surface area contributed by atoms with Crippen LogP contribution in [0.3, 0.4) is 0 Å². The van der Waals surface area contributed by atoms with Gasteiger partial charge in [-0.2, -0.15) is 53.4 Å². The van der Waals surface area contributed by atoms with E-state index >= 15 is 0 Å². The van der Waals surface area contributed by atoms with Crippen molar-refractivity contribution < 1.29 is 21.7 Å². The van der Waals surface area contributed by atoms with Gasteiger partial charge in [0.05, 0.1) is 0 Å². The molecule has 25 heavy (non-hydrogen) atoms. The molecule has 0 saturated carbocycles. The van der Waals surface area contributed by atoms with Crippen molar-refractivity contribution in [1.29, 1.82) is 0 Å². The number of hydrogen-bond donors (Lipinski definition) is 0. The monoisotopic (exact) mass is 408 g/mol. The summed E-state index contributed by atoms with van der Waals surface area (Å²) in [5.74, 6) is 0. The second kappa shape index (κ2) is 12.4. The first-order valence-electron chi connectivity index (χ1n) is 7.72. The Labute approximate surface area is 180 Å². The number of allylic oxidation sites excluding steroid dienone is 4. The molecular formula is C22H26Cl2Ti. The summed E-state index contributed by atoms with van der Waals surface area (Å²) in [4.78, 5) is 0. The average molecular weight is 409 g/mol. The molecule has 132 valence electrons. The molecule has 0 radical (unpaired) electrons. The fraction of sp³-hybridized carbons (Fsp3) is 0.227. The van der Waals surface area contributed by atoms with Gasteiger partial charge < -0.3 is 0 Å². The molecule has 3 rings (SSSR count). The van der Waals surface area contributed by atoms with E-state index in [1.807, 2.05) is 6.07 Å². The molecule has 0 N–H and O–H groups in total. The van der Waals surface area contributed by atoms with Crippen molar-refractivity contribution in [3.05, 3.63) is 94.9 Å². The van der Waals surface area contributed by atoms with Crippen LogP contribution in [0, 0.1) is 33.8 Å². The Kier molecular flexibility index (Phi) is 13.1. The van der Waals surface area contributed by atoms with E-state index in [4.69, 9.17) is 0 Å². The third-order valence-electron chi connectivity index (χ3n) is 3.79. The Bertz CT molecular complexity index is 680. The fourth-order valence-electron chi connectivity index (χ4n) is 2.86. The van der Waals surface area contributed by atoms with E-state index in [0.29, 0.717) is 0 Å². The van der Waals surface area contributed by atoms with Crippen LogP contribution in [0.1, 0.15) is 41.2 Å².